The van der Waals surface area contributed by atoms with Crippen LogP contribution in [0.4, 0.5) is 10.1 Å². The summed E-state index contributed by atoms with van der Waals surface area (Å²) in [6.07, 6.45) is 0.0811. The van der Waals surface area contributed by atoms with Crippen molar-refractivity contribution >= 4 is 21.6 Å². The molecular formula is C10H13FN2O4S. The molecule has 0 spiro atoms. The number of carbonyl (C=O) groups excluding carboxylic acids is 1. The number of hydrogen-bond donors (Lipinski definition) is 2. The molecule has 0 aliphatic rings. The van der Waals surface area contributed by atoms with Gasteiger partial charge in [-0.25, -0.2) is 17.9 Å². The van der Waals surface area contributed by atoms with Crippen molar-refractivity contribution in [2.45, 2.75) is 11.3 Å². The standard InChI is InChI=1S/C10H13FN2O4S/c1-17-3-2-10(14)13-8-4-7(11)5-9(6-8)18(12,15)16/h4-6H,2-3H2,1H3,(H,13,14)(H2,12,15,16). The Kier molecular flexibility index (Phi) is 4.76. The third-order valence-corrected chi connectivity index (χ3v) is 2.91. The molecule has 0 bridgehead atoms. The van der Waals surface area contributed by atoms with Crippen LogP contribution in [-0.2, 0) is 19.6 Å². The van der Waals surface area contributed by atoms with Crippen LogP contribution in [0.3, 0.4) is 0 Å². The lowest BCUT2D eigenvalue weighted by Crippen LogP contribution is -2.16. The molecule has 0 saturated heterocycles. The maximum Gasteiger partial charge on any atom is 0.238 e. The predicted molar refractivity (Wildman–Crippen MR) is 62.9 cm³/mol. The minimum Gasteiger partial charge on any atom is -0.384 e. The molecule has 1 amide bonds. The fraction of sp³-hybridized carbons (Fsp3) is 0.300. The Balaban J connectivity index is 2.90. The molecule has 0 atom stereocenters. The van der Waals surface area contributed by atoms with Crippen LogP contribution in [-0.4, -0.2) is 28.0 Å². The highest BCUT2D eigenvalue weighted by Crippen LogP contribution is 2.17. The number of halogens is 1. The van der Waals surface area contributed by atoms with Gasteiger partial charge in [-0.15, -0.1) is 0 Å². The maximum atomic E-state index is 13.2. The normalized spacial score (nSPS) is 11.3. The number of anilines is 1. The second-order valence-corrected chi connectivity index (χ2v) is 5.07. The van der Waals surface area contributed by atoms with Gasteiger partial charge in [0.1, 0.15) is 5.82 Å². The summed E-state index contributed by atoms with van der Waals surface area (Å²) in [5.74, 6) is -1.22. The fourth-order valence-electron chi connectivity index (χ4n) is 1.22. The van der Waals surface area contributed by atoms with Crippen molar-refractivity contribution in [3.8, 4) is 0 Å². The molecule has 1 aromatic carbocycles. The monoisotopic (exact) mass is 276 g/mol. The number of amides is 1. The lowest BCUT2D eigenvalue weighted by Gasteiger charge is -2.07. The van der Waals surface area contributed by atoms with Crippen LogP contribution >= 0.6 is 0 Å². The van der Waals surface area contributed by atoms with Crippen molar-refractivity contribution in [2.75, 3.05) is 19.0 Å². The zero-order chi connectivity index (χ0) is 13.8. The van der Waals surface area contributed by atoms with E-state index >= 15 is 0 Å². The average molecular weight is 276 g/mol. The Morgan fingerprint density at radius 3 is 2.67 bits per heavy atom. The molecule has 1 rings (SSSR count). The largest absolute Gasteiger partial charge is 0.384 e. The summed E-state index contributed by atoms with van der Waals surface area (Å²) in [6.45, 7) is 0.212. The van der Waals surface area contributed by atoms with Crippen molar-refractivity contribution in [1.29, 1.82) is 0 Å². The Labute approximate surface area is 104 Å². The summed E-state index contributed by atoms with van der Waals surface area (Å²) in [6, 6.07) is 2.86. The van der Waals surface area contributed by atoms with Crippen LogP contribution in [0.1, 0.15) is 6.42 Å². The summed E-state index contributed by atoms with van der Waals surface area (Å²) in [7, 11) is -2.58. The van der Waals surface area contributed by atoms with Crippen molar-refractivity contribution in [1.82, 2.24) is 0 Å². The SMILES string of the molecule is COCCC(=O)Nc1cc(F)cc(S(N)(=O)=O)c1. The van der Waals surface area contributed by atoms with Gasteiger partial charge in [-0.2, -0.15) is 0 Å². The van der Waals surface area contributed by atoms with E-state index in [1.54, 1.807) is 0 Å². The molecule has 8 heteroatoms. The maximum absolute atomic E-state index is 13.2. The first-order valence-corrected chi connectivity index (χ1v) is 6.50. The van der Waals surface area contributed by atoms with Crippen LogP contribution in [0.15, 0.2) is 23.1 Å². The molecule has 18 heavy (non-hydrogen) atoms. The quantitative estimate of drug-likeness (QED) is 0.815. The lowest BCUT2D eigenvalue weighted by molar-refractivity contribution is -0.117. The molecule has 0 saturated carbocycles. The molecule has 0 fully saturated rings. The van der Waals surface area contributed by atoms with Crippen LogP contribution in [0.2, 0.25) is 0 Å². The number of primary sulfonamides is 1. The topological polar surface area (TPSA) is 98.5 Å². The molecule has 0 aliphatic heterocycles. The summed E-state index contributed by atoms with van der Waals surface area (Å²) >= 11 is 0. The molecule has 1 aromatic rings. The number of carbonyl (C=O) groups is 1. The molecule has 6 nitrogen and oxygen atoms in total. The highest BCUT2D eigenvalue weighted by atomic mass is 32.2. The molecule has 0 aliphatic carbocycles. The van der Waals surface area contributed by atoms with Gasteiger partial charge in [0.2, 0.25) is 15.9 Å². The van der Waals surface area contributed by atoms with E-state index in [1.165, 1.54) is 7.11 Å². The average Bonchev–Trinajstić information content (AvgIpc) is 2.24. The number of nitrogens with two attached hydrogens (primary N) is 1. The molecular weight excluding hydrogens is 263 g/mol. The molecule has 0 aromatic heterocycles. The zero-order valence-electron chi connectivity index (χ0n) is 9.64. The van der Waals surface area contributed by atoms with E-state index in [1.807, 2.05) is 0 Å². The second kappa shape index (κ2) is 5.89. The summed E-state index contributed by atoms with van der Waals surface area (Å²) in [5, 5.41) is 7.23. The van der Waals surface area contributed by atoms with E-state index in [-0.39, 0.29) is 18.7 Å². The van der Waals surface area contributed by atoms with Gasteiger partial charge in [0.25, 0.3) is 0 Å². The first-order chi connectivity index (χ1) is 8.32. The van der Waals surface area contributed by atoms with Crippen molar-refractivity contribution in [3.05, 3.63) is 24.0 Å². The summed E-state index contributed by atoms with van der Waals surface area (Å²) in [5.41, 5.74) is 0.0279. The number of benzene rings is 1. The Morgan fingerprint density at radius 2 is 2.11 bits per heavy atom. The highest BCUT2D eigenvalue weighted by molar-refractivity contribution is 7.89. The Bertz CT molecular complexity index is 545. The molecule has 0 radical (unpaired) electrons. The fourth-order valence-corrected chi connectivity index (χ4v) is 1.79. The lowest BCUT2D eigenvalue weighted by atomic mass is 10.3. The summed E-state index contributed by atoms with van der Waals surface area (Å²) < 4.78 is 40.0. The molecule has 100 valence electrons. The summed E-state index contributed by atoms with van der Waals surface area (Å²) in [4.78, 5) is 11.0. The number of hydrogen-bond acceptors (Lipinski definition) is 4. The zero-order valence-corrected chi connectivity index (χ0v) is 10.5. The third-order valence-electron chi connectivity index (χ3n) is 2.02. The number of rotatable bonds is 5. The minimum absolute atomic E-state index is 0.0279. The van der Waals surface area contributed by atoms with Gasteiger partial charge >= 0.3 is 0 Å². The van der Waals surface area contributed by atoms with E-state index < -0.39 is 26.6 Å². The third kappa shape index (κ3) is 4.40. The number of sulfonamides is 1. The minimum atomic E-state index is -4.02. The highest BCUT2D eigenvalue weighted by Gasteiger charge is 2.12. The Hall–Kier alpha value is -1.51. The van der Waals surface area contributed by atoms with Gasteiger partial charge in [-0.1, -0.05) is 0 Å². The van der Waals surface area contributed by atoms with Gasteiger partial charge in [0.05, 0.1) is 17.9 Å². The van der Waals surface area contributed by atoms with Crippen molar-refractivity contribution < 1.29 is 22.3 Å². The van der Waals surface area contributed by atoms with Gasteiger partial charge in [-0.05, 0) is 18.2 Å². The van der Waals surface area contributed by atoms with Gasteiger partial charge in [0, 0.05) is 12.8 Å². The van der Waals surface area contributed by atoms with Gasteiger partial charge < -0.3 is 10.1 Å². The first-order valence-electron chi connectivity index (χ1n) is 4.95. The molecule has 0 unspecified atom stereocenters. The van der Waals surface area contributed by atoms with E-state index in [2.05, 4.69) is 5.32 Å². The van der Waals surface area contributed by atoms with Crippen LogP contribution in [0.25, 0.3) is 0 Å². The molecule has 3 N–H and O–H groups in total. The number of methoxy groups -OCH3 is 1. The van der Waals surface area contributed by atoms with Gasteiger partial charge in [0.15, 0.2) is 0 Å². The first kappa shape index (κ1) is 14.6. The number of ether oxygens (including phenoxy) is 1. The van der Waals surface area contributed by atoms with Gasteiger partial charge in [-0.3, -0.25) is 4.79 Å². The van der Waals surface area contributed by atoms with E-state index in [9.17, 15) is 17.6 Å². The van der Waals surface area contributed by atoms with Crippen molar-refractivity contribution in [3.63, 3.8) is 0 Å². The van der Waals surface area contributed by atoms with Crippen LogP contribution < -0.4 is 10.5 Å². The smallest absolute Gasteiger partial charge is 0.238 e. The second-order valence-electron chi connectivity index (χ2n) is 3.51. The Morgan fingerprint density at radius 1 is 1.44 bits per heavy atom. The predicted octanol–water partition coefficient (Wildman–Crippen LogP) is 0.448. The van der Waals surface area contributed by atoms with E-state index in [0.717, 1.165) is 18.2 Å². The van der Waals surface area contributed by atoms with Crippen molar-refractivity contribution in [2.24, 2.45) is 5.14 Å². The molecule has 0 heterocycles. The van der Waals surface area contributed by atoms with Crippen LogP contribution in [0.5, 0.6) is 0 Å². The van der Waals surface area contributed by atoms with E-state index in [4.69, 9.17) is 9.88 Å². The number of nitrogens with one attached hydrogen (secondary N) is 1. The van der Waals surface area contributed by atoms with E-state index in [0.29, 0.717) is 0 Å². The van der Waals surface area contributed by atoms with Crippen LogP contribution in [0, 0.1) is 5.82 Å².